The first-order valence-corrected chi connectivity index (χ1v) is 4.04. The van der Waals surface area contributed by atoms with Gasteiger partial charge in [-0.05, 0) is 15.9 Å². The number of halogens is 1. The highest BCUT2D eigenvalue weighted by Gasteiger charge is 2.03. The van der Waals surface area contributed by atoms with Crippen LogP contribution in [0.25, 0.3) is 0 Å². The Kier molecular flexibility index (Phi) is 2.96. The molecule has 0 fully saturated rings. The SMILES string of the molecule is Cn1nnc(Br)c1/C=N/NC(N)=O. The minimum atomic E-state index is -0.720. The summed E-state index contributed by atoms with van der Waals surface area (Å²) >= 11 is 3.15. The summed E-state index contributed by atoms with van der Waals surface area (Å²) in [5.41, 5.74) is 7.48. The Hall–Kier alpha value is -1.44. The van der Waals surface area contributed by atoms with Crippen LogP contribution in [0, 0.1) is 0 Å². The molecule has 0 saturated carbocycles. The van der Waals surface area contributed by atoms with E-state index in [9.17, 15) is 4.79 Å². The van der Waals surface area contributed by atoms with Gasteiger partial charge in [0.25, 0.3) is 0 Å². The summed E-state index contributed by atoms with van der Waals surface area (Å²) in [4.78, 5) is 10.2. The van der Waals surface area contributed by atoms with Crippen LogP contribution in [-0.4, -0.2) is 27.2 Å². The second kappa shape index (κ2) is 3.99. The number of aryl methyl sites for hydroxylation is 1. The number of nitrogens with one attached hydrogen (secondary N) is 1. The third kappa shape index (κ3) is 2.51. The summed E-state index contributed by atoms with van der Waals surface area (Å²) < 4.78 is 2.04. The fraction of sp³-hybridized carbons (Fsp3) is 0.200. The van der Waals surface area contributed by atoms with E-state index in [2.05, 4.69) is 36.8 Å². The quantitative estimate of drug-likeness (QED) is 0.548. The van der Waals surface area contributed by atoms with Gasteiger partial charge in [0.1, 0.15) is 5.69 Å². The zero-order valence-electron chi connectivity index (χ0n) is 6.73. The smallest absolute Gasteiger partial charge is 0.332 e. The van der Waals surface area contributed by atoms with Gasteiger partial charge in [-0.25, -0.2) is 14.9 Å². The van der Waals surface area contributed by atoms with Crippen molar-refractivity contribution in [1.82, 2.24) is 20.4 Å². The Bertz CT molecular complexity index is 325. The number of nitrogens with two attached hydrogens (primary N) is 1. The van der Waals surface area contributed by atoms with Gasteiger partial charge in [-0.15, -0.1) is 5.10 Å². The Morgan fingerprint density at radius 3 is 3.00 bits per heavy atom. The maximum Gasteiger partial charge on any atom is 0.332 e. The van der Waals surface area contributed by atoms with Crippen molar-refractivity contribution in [3.63, 3.8) is 0 Å². The van der Waals surface area contributed by atoms with E-state index in [4.69, 9.17) is 5.73 Å². The van der Waals surface area contributed by atoms with Gasteiger partial charge >= 0.3 is 6.03 Å². The topological polar surface area (TPSA) is 98.2 Å². The highest BCUT2D eigenvalue weighted by Crippen LogP contribution is 2.08. The lowest BCUT2D eigenvalue weighted by Gasteiger charge is -1.92. The van der Waals surface area contributed by atoms with Crippen LogP contribution in [0.1, 0.15) is 5.69 Å². The molecule has 1 aromatic rings. The van der Waals surface area contributed by atoms with E-state index >= 15 is 0 Å². The molecule has 1 rings (SSSR count). The van der Waals surface area contributed by atoms with Gasteiger partial charge < -0.3 is 5.73 Å². The third-order valence-corrected chi connectivity index (χ3v) is 1.75. The summed E-state index contributed by atoms with van der Waals surface area (Å²) in [6.07, 6.45) is 1.38. The summed E-state index contributed by atoms with van der Waals surface area (Å²) in [5, 5.41) is 11.0. The van der Waals surface area contributed by atoms with Crippen molar-refractivity contribution in [3.05, 3.63) is 10.3 Å². The molecule has 0 aliphatic heterocycles. The molecule has 8 heteroatoms. The van der Waals surface area contributed by atoms with E-state index in [0.29, 0.717) is 10.3 Å². The van der Waals surface area contributed by atoms with Crippen LogP contribution in [0.5, 0.6) is 0 Å². The minimum absolute atomic E-state index is 0.546. The first-order chi connectivity index (χ1) is 6.11. The van der Waals surface area contributed by atoms with Crippen LogP contribution in [-0.2, 0) is 7.05 Å². The van der Waals surface area contributed by atoms with E-state index in [1.54, 1.807) is 7.05 Å². The minimum Gasteiger partial charge on any atom is -0.350 e. The van der Waals surface area contributed by atoms with Crippen molar-refractivity contribution in [2.75, 3.05) is 0 Å². The first kappa shape index (κ1) is 9.65. The van der Waals surface area contributed by atoms with Gasteiger partial charge in [-0.2, -0.15) is 5.10 Å². The molecule has 0 bridgehead atoms. The number of hydrazone groups is 1. The lowest BCUT2D eigenvalue weighted by molar-refractivity contribution is 0.249. The Morgan fingerprint density at radius 1 is 1.85 bits per heavy atom. The van der Waals surface area contributed by atoms with E-state index < -0.39 is 6.03 Å². The lowest BCUT2D eigenvalue weighted by Crippen LogP contribution is -2.24. The van der Waals surface area contributed by atoms with Crippen LogP contribution in [0.15, 0.2) is 9.70 Å². The van der Waals surface area contributed by atoms with E-state index in [-0.39, 0.29) is 0 Å². The van der Waals surface area contributed by atoms with Crippen molar-refractivity contribution < 1.29 is 4.79 Å². The van der Waals surface area contributed by atoms with Crippen LogP contribution >= 0.6 is 15.9 Å². The fourth-order valence-electron chi connectivity index (χ4n) is 0.633. The highest BCUT2D eigenvalue weighted by molar-refractivity contribution is 9.10. The predicted octanol–water partition coefficient (Wildman–Crippen LogP) is -0.420. The maximum absolute atomic E-state index is 10.2. The number of amides is 2. The normalized spacial score (nSPS) is 10.6. The molecule has 0 saturated heterocycles. The van der Waals surface area contributed by atoms with Gasteiger partial charge in [0.05, 0.1) is 6.21 Å². The summed E-state index contributed by atoms with van der Waals surface area (Å²) in [5.74, 6) is 0. The molecule has 0 radical (unpaired) electrons. The number of urea groups is 1. The Labute approximate surface area is 82.1 Å². The van der Waals surface area contributed by atoms with Crippen molar-refractivity contribution in [2.24, 2.45) is 17.9 Å². The summed E-state index contributed by atoms with van der Waals surface area (Å²) in [6, 6.07) is -0.720. The molecular weight excluding hydrogens is 240 g/mol. The summed E-state index contributed by atoms with van der Waals surface area (Å²) in [7, 11) is 1.70. The van der Waals surface area contributed by atoms with Gasteiger partial charge in [0.15, 0.2) is 4.60 Å². The third-order valence-electron chi connectivity index (χ3n) is 1.19. The molecule has 0 atom stereocenters. The fourth-order valence-corrected chi connectivity index (χ4v) is 1.06. The lowest BCUT2D eigenvalue weighted by atomic mass is 10.5. The number of rotatable bonds is 2. The number of carbonyl (C=O) groups is 1. The molecule has 2 amide bonds. The number of carbonyl (C=O) groups excluding carboxylic acids is 1. The largest absolute Gasteiger partial charge is 0.350 e. The van der Waals surface area contributed by atoms with Crippen molar-refractivity contribution in [3.8, 4) is 0 Å². The molecule has 0 aliphatic carbocycles. The molecule has 7 nitrogen and oxygen atoms in total. The van der Waals surface area contributed by atoms with E-state index in [1.807, 2.05) is 0 Å². The number of nitrogens with zero attached hydrogens (tertiary/aromatic N) is 4. The summed E-state index contributed by atoms with van der Waals surface area (Å²) in [6.45, 7) is 0. The molecule has 0 aliphatic rings. The molecule has 1 aromatic heterocycles. The second-order valence-corrected chi connectivity index (χ2v) is 2.87. The van der Waals surface area contributed by atoms with E-state index in [0.717, 1.165) is 0 Å². The van der Waals surface area contributed by atoms with Crippen molar-refractivity contribution in [1.29, 1.82) is 0 Å². The van der Waals surface area contributed by atoms with Crippen LogP contribution in [0.2, 0.25) is 0 Å². The zero-order valence-corrected chi connectivity index (χ0v) is 8.32. The Morgan fingerprint density at radius 2 is 2.54 bits per heavy atom. The first-order valence-electron chi connectivity index (χ1n) is 3.25. The number of aromatic nitrogens is 3. The predicted molar refractivity (Wildman–Crippen MR) is 49.0 cm³/mol. The molecule has 13 heavy (non-hydrogen) atoms. The van der Waals surface area contributed by atoms with E-state index in [1.165, 1.54) is 10.9 Å². The average molecular weight is 247 g/mol. The van der Waals surface area contributed by atoms with Gasteiger partial charge in [-0.1, -0.05) is 5.21 Å². The van der Waals surface area contributed by atoms with Crippen LogP contribution < -0.4 is 11.2 Å². The van der Waals surface area contributed by atoms with Gasteiger partial charge in [0, 0.05) is 7.05 Å². The molecule has 70 valence electrons. The Balaban J connectivity index is 2.73. The second-order valence-electron chi connectivity index (χ2n) is 2.12. The number of hydrogen-bond acceptors (Lipinski definition) is 4. The molecule has 0 unspecified atom stereocenters. The van der Waals surface area contributed by atoms with Crippen molar-refractivity contribution in [2.45, 2.75) is 0 Å². The van der Waals surface area contributed by atoms with Crippen LogP contribution in [0.3, 0.4) is 0 Å². The average Bonchev–Trinajstić information content (AvgIpc) is 2.34. The van der Waals surface area contributed by atoms with Gasteiger partial charge in [-0.3, -0.25) is 0 Å². The molecule has 0 spiro atoms. The zero-order chi connectivity index (χ0) is 9.84. The highest BCUT2D eigenvalue weighted by atomic mass is 79.9. The number of hydrogen-bond donors (Lipinski definition) is 2. The van der Waals surface area contributed by atoms with Crippen molar-refractivity contribution >= 4 is 28.2 Å². The molecule has 0 aromatic carbocycles. The maximum atomic E-state index is 10.2. The number of primary amides is 1. The standard InChI is InChI=1S/C5H7BrN6O/c1-12-3(4(6)9-11-12)2-8-10-5(7)13/h2H,1H3,(H3,7,10,13)/b8-2+. The molecular formula is C5H7BrN6O. The monoisotopic (exact) mass is 246 g/mol. The molecule has 1 heterocycles. The molecule has 3 N–H and O–H groups in total. The van der Waals surface area contributed by atoms with Gasteiger partial charge in [0.2, 0.25) is 0 Å². The van der Waals surface area contributed by atoms with Crippen LogP contribution in [0.4, 0.5) is 4.79 Å².